The molecule has 0 aromatic heterocycles. The number of nitrogens with one attached hydrogen (secondary N) is 1. The number of benzene rings is 1. The van der Waals surface area contributed by atoms with E-state index in [9.17, 15) is 4.79 Å². The van der Waals surface area contributed by atoms with Crippen molar-refractivity contribution in [2.24, 2.45) is 5.73 Å². The third-order valence-corrected chi connectivity index (χ3v) is 3.23. The molecule has 0 aliphatic carbocycles. The van der Waals surface area contributed by atoms with Crippen molar-refractivity contribution in [1.82, 2.24) is 0 Å². The lowest BCUT2D eigenvalue weighted by Gasteiger charge is -2.16. The highest BCUT2D eigenvalue weighted by Gasteiger charge is 2.17. The number of hydrogen-bond donors (Lipinski definition) is 2. The van der Waals surface area contributed by atoms with Crippen LogP contribution in [0.5, 0.6) is 11.5 Å². The maximum absolute atomic E-state index is 12.1. The van der Waals surface area contributed by atoms with Gasteiger partial charge in [-0.05, 0) is 12.8 Å². The number of hydrogen-bond acceptors (Lipinski definition) is 5. The van der Waals surface area contributed by atoms with Crippen LogP contribution < -0.4 is 20.5 Å². The van der Waals surface area contributed by atoms with Crippen molar-refractivity contribution in [1.29, 1.82) is 0 Å². The molecule has 118 valence electrons. The first kappa shape index (κ1) is 17.6. The highest BCUT2D eigenvalue weighted by Crippen LogP contribution is 2.35. The minimum atomic E-state index is -0.619. The molecule has 0 radical (unpaired) electrons. The number of ether oxygens (including phenoxy) is 3. The van der Waals surface area contributed by atoms with E-state index < -0.39 is 6.04 Å². The van der Waals surface area contributed by atoms with Gasteiger partial charge in [0.05, 0.1) is 31.0 Å². The van der Waals surface area contributed by atoms with Gasteiger partial charge in [0, 0.05) is 25.8 Å². The third kappa shape index (κ3) is 5.08. The van der Waals surface area contributed by atoms with Gasteiger partial charge >= 0.3 is 0 Å². The Hall–Kier alpha value is -1.50. The zero-order chi connectivity index (χ0) is 15.8. The van der Waals surface area contributed by atoms with E-state index in [0.717, 1.165) is 0 Å². The van der Waals surface area contributed by atoms with Gasteiger partial charge in [-0.25, -0.2) is 0 Å². The first-order valence-corrected chi connectivity index (χ1v) is 6.88. The summed E-state index contributed by atoms with van der Waals surface area (Å²) in [6, 6.07) is 2.56. The van der Waals surface area contributed by atoms with E-state index in [-0.39, 0.29) is 5.91 Å². The van der Waals surface area contributed by atoms with Gasteiger partial charge in [0.25, 0.3) is 0 Å². The van der Waals surface area contributed by atoms with Gasteiger partial charge in [-0.3, -0.25) is 4.79 Å². The van der Waals surface area contributed by atoms with Crippen LogP contribution in [0.15, 0.2) is 12.1 Å². The molecule has 0 aliphatic rings. The van der Waals surface area contributed by atoms with Crippen LogP contribution in [0.3, 0.4) is 0 Å². The Balaban J connectivity index is 2.78. The fraction of sp³-hybridized carbons (Fsp3) is 0.500. The number of methoxy groups -OCH3 is 3. The molecule has 1 aromatic rings. The normalized spacial score (nSPS) is 11.9. The molecule has 0 bridgehead atoms. The van der Waals surface area contributed by atoms with Crippen molar-refractivity contribution >= 4 is 23.2 Å². The Labute approximate surface area is 129 Å². The predicted molar refractivity (Wildman–Crippen MR) is 82.3 cm³/mol. The summed E-state index contributed by atoms with van der Waals surface area (Å²) in [5.74, 6) is 0.591. The summed E-state index contributed by atoms with van der Waals surface area (Å²) in [5.41, 5.74) is 6.30. The monoisotopic (exact) mass is 316 g/mol. The van der Waals surface area contributed by atoms with Gasteiger partial charge in [0.15, 0.2) is 0 Å². The molecule has 7 heteroatoms. The molecule has 0 aliphatic heterocycles. The number of anilines is 1. The summed E-state index contributed by atoms with van der Waals surface area (Å²) in [4.78, 5) is 12.1. The molecule has 0 heterocycles. The number of halogens is 1. The van der Waals surface area contributed by atoms with Crippen LogP contribution in [0.4, 0.5) is 5.69 Å². The van der Waals surface area contributed by atoms with Crippen molar-refractivity contribution in [2.75, 3.05) is 33.3 Å². The van der Waals surface area contributed by atoms with Gasteiger partial charge in [-0.2, -0.15) is 0 Å². The van der Waals surface area contributed by atoms with Crippen molar-refractivity contribution in [3.63, 3.8) is 0 Å². The molecule has 1 atom stereocenters. The molecule has 3 N–H and O–H groups in total. The summed E-state index contributed by atoms with van der Waals surface area (Å²) in [5, 5.41) is 3.12. The summed E-state index contributed by atoms with van der Waals surface area (Å²) in [7, 11) is 4.60. The fourth-order valence-electron chi connectivity index (χ4n) is 1.76. The second kappa shape index (κ2) is 8.71. The second-order valence-electron chi connectivity index (χ2n) is 4.42. The van der Waals surface area contributed by atoms with E-state index >= 15 is 0 Å². The Kier molecular flexibility index (Phi) is 7.28. The van der Waals surface area contributed by atoms with Crippen LogP contribution in [0.25, 0.3) is 0 Å². The highest BCUT2D eigenvalue weighted by atomic mass is 35.5. The number of rotatable bonds is 8. The number of nitrogens with two attached hydrogens (primary N) is 1. The minimum absolute atomic E-state index is 0.297. The molecular weight excluding hydrogens is 296 g/mol. The largest absolute Gasteiger partial charge is 0.495 e. The lowest BCUT2D eigenvalue weighted by atomic mass is 10.1. The quantitative estimate of drug-likeness (QED) is 0.717. The van der Waals surface area contributed by atoms with Crippen LogP contribution in [-0.4, -0.2) is 39.9 Å². The fourth-order valence-corrected chi connectivity index (χ4v) is 1.99. The van der Waals surface area contributed by atoms with Gasteiger partial charge in [0.1, 0.15) is 11.5 Å². The number of carbonyl (C=O) groups is 1. The molecule has 1 aromatic carbocycles. The zero-order valence-corrected chi connectivity index (χ0v) is 13.2. The lowest BCUT2D eigenvalue weighted by molar-refractivity contribution is -0.117. The number of carbonyl (C=O) groups excluding carboxylic acids is 1. The van der Waals surface area contributed by atoms with Gasteiger partial charge < -0.3 is 25.3 Å². The Bertz CT molecular complexity index is 482. The summed E-state index contributed by atoms with van der Waals surface area (Å²) >= 11 is 6.01. The zero-order valence-electron chi connectivity index (χ0n) is 12.4. The van der Waals surface area contributed by atoms with Crippen LogP contribution in [0.1, 0.15) is 12.8 Å². The van der Waals surface area contributed by atoms with E-state index in [2.05, 4.69) is 5.32 Å². The van der Waals surface area contributed by atoms with E-state index in [4.69, 9.17) is 31.5 Å². The third-order valence-electron chi connectivity index (χ3n) is 2.93. The predicted octanol–water partition coefficient (Wildman–Crippen LogP) is 2.05. The summed E-state index contributed by atoms with van der Waals surface area (Å²) in [6.45, 7) is 0.569. The van der Waals surface area contributed by atoms with Crippen molar-refractivity contribution in [3.05, 3.63) is 17.2 Å². The minimum Gasteiger partial charge on any atom is -0.495 e. The molecule has 1 rings (SSSR count). The van der Waals surface area contributed by atoms with Crippen LogP contribution in [0.2, 0.25) is 5.02 Å². The van der Waals surface area contributed by atoms with Crippen LogP contribution >= 0.6 is 11.6 Å². The maximum Gasteiger partial charge on any atom is 0.241 e. The molecule has 1 amide bonds. The molecule has 0 fully saturated rings. The van der Waals surface area contributed by atoms with Crippen molar-refractivity contribution in [2.45, 2.75) is 18.9 Å². The maximum atomic E-state index is 12.1. The average molecular weight is 317 g/mol. The topological polar surface area (TPSA) is 82.8 Å². The van der Waals surface area contributed by atoms with Gasteiger partial charge in [0.2, 0.25) is 5.91 Å². The first-order chi connectivity index (χ1) is 10.0. The van der Waals surface area contributed by atoms with Crippen LogP contribution in [0, 0.1) is 0 Å². The van der Waals surface area contributed by atoms with E-state index in [0.29, 0.717) is 41.7 Å². The van der Waals surface area contributed by atoms with E-state index in [1.807, 2.05) is 0 Å². The standard InChI is InChI=1S/C14H21ClN2O4/c1-19-6-4-5-10(16)14(18)17-11-8-12(20-2)9(15)7-13(11)21-3/h7-8,10H,4-6,16H2,1-3H3,(H,17,18). The average Bonchev–Trinajstić information content (AvgIpc) is 2.48. The Morgan fingerprint density at radius 3 is 2.52 bits per heavy atom. The molecule has 6 nitrogen and oxygen atoms in total. The molecule has 21 heavy (non-hydrogen) atoms. The molecule has 1 unspecified atom stereocenters. The summed E-state index contributed by atoms with van der Waals surface area (Å²) < 4.78 is 15.2. The van der Waals surface area contributed by atoms with Crippen LogP contribution in [-0.2, 0) is 9.53 Å². The molecule has 0 spiro atoms. The van der Waals surface area contributed by atoms with Gasteiger partial charge in [-0.15, -0.1) is 0 Å². The number of amides is 1. The Morgan fingerprint density at radius 1 is 1.29 bits per heavy atom. The summed E-state index contributed by atoms with van der Waals surface area (Å²) in [6.07, 6.45) is 1.25. The molecule has 0 saturated carbocycles. The smallest absolute Gasteiger partial charge is 0.241 e. The second-order valence-corrected chi connectivity index (χ2v) is 4.83. The lowest BCUT2D eigenvalue weighted by Crippen LogP contribution is -2.35. The first-order valence-electron chi connectivity index (χ1n) is 6.50. The molecular formula is C14H21ClN2O4. The van der Waals surface area contributed by atoms with Crippen molar-refractivity contribution < 1.29 is 19.0 Å². The molecule has 0 saturated heterocycles. The highest BCUT2D eigenvalue weighted by molar-refractivity contribution is 6.32. The van der Waals surface area contributed by atoms with Gasteiger partial charge in [-0.1, -0.05) is 11.6 Å². The van der Waals surface area contributed by atoms with Crippen molar-refractivity contribution in [3.8, 4) is 11.5 Å². The van der Waals surface area contributed by atoms with E-state index in [1.54, 1.807) is 19.2 Å². The SMILES string of the molecule is COCCCC(N)C(=O)Nc1cc(OC)c(Cl)cc1OC. The Morgan fingerprint density at radius 2 is 1.95 bits per heavy atom. The van der Waals surface area contributed by atoms with E-state index in [1.165, 1.54) is 14.2 Å².